The maximum Gasteiger partial charge on any atom is 0.340 e. The Labute approximate surface area is 161 Å². The van der Waals surface area contributed by atoms with E-state index in [1.54, 1.807) is 13.0 Å². The first-order valence-electron chi connectivity index (χ1n) is 8.37. The molecular formula is C18H20ClFN4O3. The summed E-state index contributed by atoms with van der Waals surface area (Å²) in [6, 6.07) is 4.44. The molecule has 1 saturated heterocycles. The summed E-state index contributed by atoms with van der Waals surface area (Å²) >= 11 is 5.95. The number of carbonyl (C=O) groups excluding carboxylic acids is 1. The Bertz CT molecular complexity index is 880. The fourth-order valence-electron chi connectivity index (χ4n) is 3.25. The maximum absolute atomic E-state index is 14.4. The number of aromatic nitrogens is 2. The number of methoxy groups -OCH3 is 1. The minimum Gasteiger partial charge on any atom is -0.465 e. The summed E-state index contributed by atoms with van der Waals surface area (Å²) < 4.78 is 25.1. The van der Waals surface area contributed by atoms with Gasteiger partial charge in [-0.3, -0.25) is 0 Å². The molecule has 27 heavy (non-hydrogen) atoms. The highest BCUT2D eigenvalue weighted by Crippen LogP contribution is 2.33. The Morgan fingerprint density at radius 1 is 1.37 bits per heavy atom. The number of benzene rings is 1. The topological polar surface area (TPSA) is 90.6 Å². The van der Waals surface area contributed by atoms with Gasteiger partial charge >= 0.3 is 5.97 Å². The Morgan fingerprint density at radius 3 is 2.81 bits per heavy atom. The average Bonchev–Trinajstić information content (AvgIpc) is 2.64. The largest absolute Gasteiger partial charge is 0.465 e. The predicted molar refractivity (Wildman–Crippen MR) is 99.4 cm³/mol. The van der Waals surface area contributed by atoms with E-state index in [2.05, 4.69) is 14.9 Å². The second-order valence-corrected chi connectivity index (χ2v) is 6.85. The normalized spacial score (nSPS) is 19.8. The molecule has 0 amide bonds. The van der Waals surface area contributed by atoms with Gasteiger partial charge in [-0.05, 0) is 37.1 Å². The first kappa shape index (κ1) is 19.3. The van der Waals surface area contributed by atoms with Crippen LogP contribution in [0.1, 0.15) is 34.5 Å². The van der Waals surface area contributed by atoms with Crippen molar-refractivity contribution in [2.75, 3.05) is 30.8 Å². The lowest BCUT2D eigenvalue weighted by atomic mass is 9.98. The van der Waals surface area contributed by atoms with Crippen LogP contribution in [-0.4, -0.2) is 42.5 Å². The molecule has 9 heteroatoms. The molecule has 1 aromatic carbocycles. The smallest absolute Gasteiger partial charge is 0.340 e. The van der Waals surface area contributed by atoms with Gasteiger partial charge < -0.3 is 20.1 Å². The molecule has 1 aliphatic heterocycles. The monoisotopic (exact) mass is 394 g/mol. The van der Waals surface area contributed by atoms with E-state index in [1.165, 1.54) is 19.2 Å². The summed E-state index contributed by atoms with van der Waals surface area (Å²) in [5.41, 5.74) is 7.88. The predicted octanol–water partition coefficient (Wildman–Crippen LogP) is 2.91. The third kappa shape index (κ3) is 3.96. The molecule has 144 valence electrons. The Kier molecular flexibility index (Phi) is 5.48. The molecule has 2 heterocycles. The van der Waals surface area contributed by atoms with Crippen molar-refractivity contribution >= 4 is 29.1 Å². The second-order valence-electron chi connectivity index (χ2n) is 6.46. The van der Waals surface area contributed by atoms with Gasteiger partial charge in [-0.2, -0.15) is 0 Å². The van der Waals surface area contributed by atoms with E-state index >= 15 is 0 Å². The minimum absolute atomic E-state index is 0.103. The van der Waals surface area contributed by atoms with Gasteiger partial charge in [0.2, 0.25) is 0 Å². The van der Waals surface area contributed by atoms with E-state index < -0.39 is 17.9 Å². The lowest BCUT2D eigenvalue weighted by Gasteiger charge is -2.39. The highest BCUT2D eigenvalue weighted by molar-refractivity contribution is 6.29. The molecule has 0 saturated carbocycles. The van der Waals surface area contributed by atoms with Crippen LogP contribution in [0.3, 0.4) is 0 Å². The van der Waals surface area contributed by atoms with Crippen molar-refractivity contribution in [1.29, 1.82) is 0 Å². The van der Waals surface area contributed by atoms with Crippen molar-refractivity contribution in [3.05, 3.63) is 45.9 Å². The number of anilines is 2. The summed E-state index contributed by atoms with van der Waals surface area (Å²) in [6.07, 6.45) is -0.556. The molecule has 0 aliphatic carbocycles. The van der Waals surface area contributed by atoms with Gasteiger partial charge in [0.1, 0.15) is 11.9 Å². The first-order chi connectivity index (χ1) is 12.8. The zero-order valence-electron chi connectivity index (χ0n) is 15.2. The van der Waals surface area contributed by atoms with Crippen LogP contribution in [0, 0.1) is 12.7 Å². The average molecular weight is 395 g/mol. The van der Waals surface area contributed by atoms with Crippen molar-refractivity contribution in [2.45, 2.75) is 26.1 Å². The van der Waals surface area contributed by atoms with Crippen LogP contribution in [0.4, 0.5) is 15.9 Å². The number of aryl methyl sites for hydroxylation is 1. The molecular weight excluding hydrogens is 375 g/mol. The van der Waals surface area contributed by atoms with Gasteiger partial charge in [0, 0.05) is 19.2 Å². The maximum atomic E-state index is 14.4. The highest BCUT2D eigenvalue weighted by Gasteiger charge is 2.30. The van der Waals surface area contributed by atoms with E-state index in [9.17, 15) is 9.18 Å². The molecule has 2 atom stereocenters. The molecule has 0 bridgehead atoms. The van der Waals surface area contributed by atoms with E-state index in [1.807, 2.05) is 11.8 Å². The lowest BCUT2D eigenvalue weighted by Crippen LogP contribution is -2.43. The van der Waals surface area contributed by atoms with E-state index in [-0.39, 0.29) is 22.6 Å². The summed E-state index contributed by atoms with van der Waals surface area (Å²) in [4.78, 5) is 13.7. The van der Waals surface area contributed by atoms with Crippen molar-refractivity contribution in [1.82, 2.24) is 10.2 Å². The molecule has 7 nitrogen and oxygen atoms in total. The molecule has 0 radical (unpaired) electrons. The number of hydrogen-bond donors (Lipinski definition) is 1. The fourth-order valence-corrected chi connectivity index (χ4v) is 3.39. The zero-order chi connectivity index (χ0) is 19.7. The number of halogens is 2. The first-order valence-corrected chi connectivity index (χ1v) is 8.75. The third-order valence-corrected chi connectivity index (χ3v) is 4.67. The number of hydrogen-bond acceptors (Lipinski definition) is 7. The van der Waals surface area contributed by atoms with E-state index in [0.717, 1.165) is 5.56 Å². The number of ether oxygens (including phenoxy) is 2. The summed E-state index contributed by atoms with van der Waals surface area (Å²) in [5.74, 6) is -1.10. The molecule has 2 aromatic rings. The fraction of sp³-hybridized carbons (Fsp3) is 0.389. The van der Waals surface area contributed by atoms with Crippen LogP contribution >= 0.6 is 11.6 Å². The number of morpholine rings is 1. The van der Waals surface area contributed by atoms with Crippen molar-refractivity contribution in [3.8, 4) is 0 Å². The molecule has 1 fully saturated rings. The quantitative estimate of drug-likeness (QED) is 0.800. The molecule has 0 spiro atoms. The van der Waals surface area contributed by atoms with Crippen molar-refractivity contribution in [3.63, 3.8) is 0 Å². The number of carbonyl (C=O) groups is 1. The molecule has 1 aromatic heterocycles. The third-order valence-electron chi connectivity index (χ3n) is 4.48. The van der Waals surface area contributed by atoms with Gasteiger partial charge in [0.25, 0.3) is 0 Å². The Morgan fingerprint density at radius 2 is 2.11 bits per heavy atom. The summed E-state index contributed by atoms with van der Waals surface area (Å²) in [7, 11) is 1.22. The lowest BCUT2D eigenvalue weighted by molar-refractivity contribution is -0.0178. The minimum atomic E-state index is -0.716. The number of rotatable bonds is 3. The van der Waals surface area contributed by atoms with Crippen LogP contribution < -0.4 is 10.6 Å². The van der Waals surface area contributed by atoms with E-state index in [4.69, 9.17) is 22.1 Å². The van der Waals surface area contributed by atoms with Crippen molar-refractivity contribution in [2.24, 2.45) is 0 Å². The summed E-state index contributed by atoms with van der Waals surface area (Å²) in [5, 5.41) is 7.82. The van der Waals surface area contributed by atoms with E-state index in [0.29, 0.717) is 24.3 Å². The summed E-state index contributed by atoms with van der Waals surface area (Å²) in [6.45, 7) is 4.71. The number of nitrogen functional groups attached to an aromatic ring is 1. The Balaban J connectivity index is 1.94. The SMILES string of the molecule is COC(=O)c1cc(C)c([C@@H]2CN(c3cc(Cl)nnc3N)C[C@H](C)O2)cc1F. The highest BCUT2D eigenvalue weighted by atomic mass is 35.5. The number of nitrogens with two attached hydrogens (primary N) is 1. The molecule has 2 N–H and O–H groups in total. The van der Waals surface area contributed by atoms with Crippen LogP contribution in [0.5, 0.6) is 0 Å². The van der Waals surface area contributed by atoms with Gasteiger partial charge in [-0.1, -0.05) is 11.6 Å². The van der Waals surface area contributed by atoms with Gasteiger partial charge in [0.05, 0.1) is 24.5 Å². The van der Waals surface area contributed by atoms with Gasteiger partial charge in [-0.25, -0.2) is 9.18 Å². The van der Waals surface area contributed by atoms with Crippen LogP contribution in [0.25, 0.3) is 0 Å². The number of esters is 1. The standard InChI is InChI=1S/C18H20ClFN4O3/c1-9-4-12(18(25)26-3)13(20)5-11(9)15-8-24(7-10(2)27-15)14-6-16(19)22-23-17(14)21/h4-6,10,15H,7-8H2,1-3H3,(H2,21,23)/t10-,15-/m0/s1. The van der Waals surface area contributed by atoms with Crippen molar-refractivity contribution < 1.29 is 18.7 Å². The Hall–Kier alpha value is -2.45. The molecule has 0 unspecified atom stereocenters. The zero-order valence-corrected chi connectivity index (χ0v) is 16.0. The van der Waals surface area contributed by atoms with Gasteiger partial charge in [0.15, 0.2) is 11.0 Å². The second kappa shape index (κ2) is 7.66. The van der Waals surface area contributed by atoms with Crippen LogP contribution in [0.15, 0.2) is 18.2 Å². The number of nitrogens with zero attached hydrogens (tertiary/aromatic N) is 3. The van der Waals surface area contributed by atoms with Gasteiger partial charge in [-0.15, -0.1) is 10.2 Å². The van der Waals surface area contributed by atoms with Crippen LogP contribution in [-0.2, 0) is 9.47 Å². The molecule has 1 aliphatic rings. The van der Waals surface area contributed by atoms with Crippen LogP contribution in [0.2, 0.25) is 5.15 Å². The molecule has 3 rings (SSSR count).